The predicted octanol–water partition coefficient (Wildman–Crippen LogP) is 4.55. The van der Waals surface area contributed by atoms with Crippen LogP contribution < -0.4 is 0 Å². The number of amides is 1. The van der Waals surface area contributed by atoms with Crippen molar-refractivity contribution in [1.82, 2.24) is 4.90 Å². The van der Waals surface area contributed by atoms with Gasteiger partial charge >= 0.3 is 0 Å². The van der Waals surface area contributed by atoms with Gasteiger partial charge in [0.25, 0.3) is 0 Å². The lowest BCUT2D eigenvalue weighted by atomic mass is 9.86. The number of hydrogen-bond donors (Lipinski definition) is 0. The third-order valence-corrected chi connectivity index (χ3v) is 7.05. The molecule has 2 aliphatic rings. The van der Waals surface area contributed by atoms with Gasteiger partial charge in [0.1, 0.15) is 6.04 Å². The molecule has 1 aromatic carbocycles. The van der Waals surface area contributed by atoms with Crippen LogP contribution in [0.2, 0.25) is 10.0 Å². The van der Waals surface area contributed by atoms with Gasteiger partial charge in [0.2, 0.25) is 5.91 Å². The molecule has 1 aliphatic carbocycles. The molecule has 138 valence electrons. The summed E-state index contributed by atoms with van der Waals surface area (Å²) in [4.78, 5) is 14.9. The van der Waals surface area contributed by atoms with E-state index < -0.39 is 0 Å². The highest BCUT2D eigenvalue weighted by Crippen LogP contribution is 2.34. The highest BCUT2D eigenvalue weighted by Gasteiger charge is 2.44. The fourth-order valence-electron chi connectivity index (χ4n) is 4.79. The first-order valence-corrected chi connectivity index (χ1v) is 10.2. The zero-order valence-electron chi connectivity index (χ0n) is 15.3. The largest absolute Gasteiger partial charge is 0.337 e. The quantitative estimate of drug-likeness (QED) is 0.698. The molecule has 2 fully saturated rings. The lowest BCUT2D eigenvalue weighted by molar-refractivity contribution is -0.925. The number of nitrogens with zero attached hydrogens (tertiary/aromatic N) is 2. The maximum atomic E-state index is 12.9. The predicted molar refractivity (Wildman–Crippen MR) is 104 cm³/mol. The minimum atomic E-state index is 0.182. The van der Waals surface area contributed by atoms with Crippen molar-refractivity contribution < 1.29 is 9.28 Å². The van der Waals surface area contributed by atoms with E-state index in [1.165, 1.54) is 45.2 Å². The lowest BCUT2D eigenvalue weighted by Gasteiger charge is -2.47. The Balaban J connectivity index is 1.71. The summed E-state index contributed by atoms with van der Waals surface area (Å²) in [5.74, 6) is 0.182. The summed E-state index contributed by atoms with van der Waals surface area (Å²) < 4.78 is 1.15. The first-order valence-electron chi connectivity index (χ1n) is 9.44. The number of rotatable bonds is 4. The van der Waals surface area contributed by atoms with Crippen LogP contribution in [0.4, 0.5) is 0 Å². The van der Waals surface area contributed by atoms with E-state index in [0.717, 1.165) is 16.5 Å². The van der Waals surface area contributed by atoms with Gasteiger partial charge in [-0.15, -0.1) is 0 Å². The van der Waals surface area contributed by atoms with E-state index in [4.69, 9.17) is 23.2 Å². The average Bonchev–Trinajstić information content (AvgIpc) is 3.05. The zero-order chi connectivity index (χ0) is 18.0. The molecular weight excluding hydrogens is 355 g/mol. The average molecular weight is 384 g/mol. The van der Waals surface area contributed by atoms with E-state index in [-0.39, 0.29) is 5.91 Å². The third-order valence-electron chi connectivity index (χ3n) is 6.31. The number of likely N-dealkylation sites (tertiary alicyclic amines) is 1. The Hall–Kier alpha value is -0.770. The van der Waals surface area contributed by atoms with Crippen LogP contribution in [0.15, 0.2) is 18.2 Å². The lowest BCUT2D eigenvalue weighted by Crippen LogP contribution is -2.61. The van der Waals surface area contributed by atoms with Gasteiger partial charge in [-0.1, -0.05) is 35.7 Å². The van der Waals surface area contributed by atoms with Gasteiger partial charge in [0.05, 0.1) is 42.6 Å². The van der Waals surface area contributed by atoms with Crippen LogP contribution >= 0.6 is 23.2 Å². The summed E-state index contributed by atoms with van der Waals surface area (Å²) >= 11 is 12.1. The van der Waals surface area contributed by atoms with E-state index in [1.807, 2.05) is 24.1 Å². The Morgan fingerprint density at radius 1 is 1.12 bits per heavy atom. The minimum Gasteiger partial charge on any atom is -0.337 e. The fraction of sp³-hybridized carbons (Fsp3) is 0.650. The van der Waals surface area contributed by atoms with Crippen LogP contribution in [0.25, 0.3) is 0 Å². The van der Waals surface area contributed by atoms with Crippen molar-refractivity contribution in [3.8, 4) is 0 Å². The van der Waals surface area contributed by atoms with Crippen molar-refractivity contribution in [3.05, 3.63) is 33.8 Å². The molecule has 0 aromatic heterocycles. The van der Waals surface area contributed by atoms with Gasteiger partial charge in [0, 0.05) is 26.3 Å². The van der Waals surface area contributed by atoms with Crippen LogP contribution in [0.1, 0.15) is 44.1 Å². The van der Waals surface area contributed by atoms with E-state index >= 15 is 0 Å². The molecule has 3 nitrogen and oxygen atoms in total. The molecule has 2 atom stereocenters. The molecule has 5 heteroatoms. The summed E-state index contributed by atoms with van der Waals surface area (Å²) in [6.07, 6.45) is 7.92. The maximum absolute atomic E-state index is 12.9. The number of hydrogen-bond acceptors (Lipinski definition) is 1. The number of halogens is 2. The summed E-state index contributed by atoms with van der Waals surface area (Å²) in [7, 11) is 4.39. The van der Waals surface area contributed by atoms with Crippen molar-refractivity contribution in [2.75, 3.05) is 27.2 Å². The van der Waals surface area contributed by atoms with Crippen LogP contribution in [0.3, 0.4) is 0 Å². The number of quaternary nitrogens is 1. The molecular formula is C20H29Cl2N2O+. The van der Waals surface area contributed by atoms with E-state index in [0.29, 0.717) is 28.5 Å². The number of carbonyl (C=O) groups excluding carboxylic acids is 1. The van der Waals surface area contributed by atoms with Gasteiger partial charge in [-0.2, -0.15) is 0 Å². The molecule has 1 aliphatic heterocycles. The second kappa shape index (κ2) is 7.85. The molecule has 0 N–H and O–H groups in total. The summed E-state index contributed by atoms with van der Waals surface area (Å²) in [5, 5.41) is 1.05. The van der Waals surface area contributed by atoms with Crippen LogP contribution in [0, 0.1) is 0 Å². The molecule has 25 heavy (non-hydrogen) atoms. The van der Waals surface area contributed by atoms with E-state index in [1.54, 1.807) is 6.07 Å². The first-order chi connectivity index (χ1) is 11.9. The van der Waals surface area contributed by atoms with Crippen molar-refractivity contribution in [2.24, 2.45) is 0 Å². The van der Waals surface area contributed by atoms with Gasteiger partial charge in [-0.05, 0) is 30.5 Å². The Kier molecular flexibility index (Phi) is 5.97. The normalized spacial score (nSPS) is 25.8. The molecule has 1 aromatic rings. The molecule has 0 spiro atoms. The fourth-order valence-corrected chi connectivity index (χ4v) is 5.11. The summed E-state index contributed by atoms with van der Waals surface area (Å²) in [6.45, 7) is 2.52. The second-order valence-electron chi connectivity index (χ2n) is 7.98. The number of carbonyl (C=O) groups is 1. The first kappa shape index (κ1) is 19.0. The standard InChI is InChI=1S/C20H29Cl2N2O/c1-23(20(25)14-15-9-10-16(21)17(22)13-15)18-7-3-4-8-19(18)24(2)11-5-6-12-24/h9-10,13,18-19H,3-8,11-12,14H2,1-2H3/q+1/t18-,19-/m0/s1. The third kappa shape index (κ3) is 4.15. The molecule has 0 bridgehead atoms. The highest BCUT2D eigenvalue weighted by molar-refractivity contribution is 6.42. The molecule has 0 unspecified atom stereocenters. The van der Waals surface area contributed by atoms with Crippen LogP contribution in [-0.4, -0.2) is 54.6 Å². The number of likely N-dealkylation sites (N-methyl/N-ethyl adjacent to an activating group) is 2. The molecule has 1 saturated carbocycles. The van der Waals surface area contributed by atoms with Crippen molar-refractivity contribution in [1.29, 1.82) is 0 Å². The smallest absolute Gasteiger partial charge is 0.227 e. The molecule has 0 radical (unpaired) electrons. The summed E-state index contributed by atoms with van der Waals surface area (Å²) in [5.41, 5.74) is 0.931. The minimum absolute atomic E-state index is 0.182. The maximum Gasteiger partial charge on any atom is 0.227 e. The molecule has 1 amide bonds. The Bertz CT molecular complexity index is 628. The van der Waals surface area contributed by atoms with E-state index in [9.17, 15) is 4.79 Å². The van der Waals surface area contributed by atoms with E-state index in [2.05, 4.69) is 7.05 Å². The van der Waals surface area contributed by atoms with Gasteiger partial charge in [-0.3, -0.25) is 4.79 Å². The topological polar surface area (TPSA) is 20.3 Å². The Labute approximate surface area is 161 Å². The SMILES string of the molecule is CN(C(=O)Cc1ccc(Cl)c(Cl)c1)[C@H]1CCCC[C@@H]1[N+]1(C)CCCC1. The van der Waals surface area contributed by atoms with Crippen LogP contribution in [0.5, 0.6) is 0 Å². The molecule has 1 saturated heterocycles. The summed E-state index contributed by atoms with van der Waals surface area (Å²) in [6, 6.07) is 6.41. The molecule has 1 heterocycles. The van der Waals surface area contributed by atoms with Crippen molar-refractivity contribution >= 4 is 29.1 Å². The zero-order valence-corrected chi connectivity index (χ0v) is 16.8. The monoisotopic (exact) mass is 383 g/mol. The number of benzene rings is 1. The van der Waals surface area contributed by atoms with Crippen molar-refractivity contribution in [2.45, 2.75) is 57.0 Å². The van der Waals surface area contributed by atoms with Crippen molar-refractivity contribution in [3.63, 3.8) is 0 Å². The Morgan fingerprint density at radius 3 is 2.48 bits per heavy atom. The highest BCUT2D eigenvalue weighted by atomic mass is 35.5. The van der Waals surface area contributed by atoms with Crippen LogP contribution in [-0.2, 0) is 11.2 Å². The van der Waals surface area contributed by atoms with Gasteiger partial charge < -0.3 is 9.38 Å². The Morgan fingerprint density at radius 2 is 1.80 bits per heavy atom. The molecule has 3 rings (SSSR count). The second-order valence-corrected chi connectivity index (χ2v) is 8.80. The van der Waals surface area contributed by atoms with Gasteiger partial charge in [-0.25, -0.2) is 0 Å². The van der Waals surface area contributed by atoms with Gasteiger partial charge in [0.15, 0.2) is 0 Å².